The van der Waals surface area contributed by atoms with E-state index in [0.717, 1.165) is 22.7 Å². The number of fused-ring (bicyclic) bond motifs is 10. The summed E-state index contributed by atoms with van der Waals surface area (Å²) in [5, 5.41) is 4.96. The van der Waals surface area contributed by atoms with Crippen molar-refractivity contribution in [1.29, 1.82) is 0 Å². The summed E-state index contributed by atoms with van der Waals surface area (Å²) >= 11 is 0. The van der Waals surface area contributed by atoms with Crippen LogP contribution in [0.2, 0.25) is 0 Å². The molecule has 0 spiro atoms. The minimum atomic E-state index is -0.502. The van der Waals surface area contributed by atoms with Crippen molar-refractivity contribution >= 4 is 49.6 Å². The van der Waals surface area contributed by atoms with E-state index in [1.807, 2.05) is 0 Å². The maximum absolute atomic E-state index is 2.50. The molecular weight excluding hydrogens is 917 g/mol. The molecule has 0 radical (unpaired) electrons. The number of hydrogen-bond acceptors (Lipinski definition) is 1. The fraction of sp³-hybridized carbons (Fsp3) is 0.0541. The van der Waals surface area contributed by atoms with Crippen LogP contribution in [0.5, 0.6) is 0 Å². The number of hydrogen-bond donors (Lipinski definition) is 0. The van der Waals surface area contributed by atoms with Gasteiger partial charge in [0.25, 0.3) is 0 Å². The molecule has 0 amide bonds. The summed E-state index contributed by atoms with van der Waals surface area (Å²) in [6, 6.07) is 104. The summed E-state index contributed by atoms with van der Waals surface area (Å²) in [6.45, 7) is 4.73. The Balaban J connectivity index is 0.877. The van der Waals surface area contributed by atoms with Crippen molar-refractivity contribution in [1.82, 2.24) is 4.57 Å². The van der Waals surface area contributed by atoms with Crippen LogP contribution < -0.4 is 4.90 Å². The second-order valence-electron chi connectivity index (χ2n) is 21.2. The van der Waals surface area contributed by atoms with Gasteiger partial charge in [0.15, 0.2) is 0 Å². The molecule has 13 aromatic rings. The molecule has 15 rings (SSSR count). The Morgan fingerprint density at radius 3 is 1.50 bits per heavy atom. The van der Waals surface area contributed by atoms with E-state index in [4.69, 9.17) is 0 Å². The molecule has 0 atom stereocenters. The number of nitrogens with zero attached hydrogens (tertiary/aromatic N) is 2. The smallest absolute Gasteiger partial charge is 0.0713 e. The Morgan fingerprint density at radius 1 is 0.303 bits per heavy atom. The number of benzene rings is 12. The van der Waals surface area contributed by atoms with Crippen LogP contribution in [0.1, 0.15) is 47.2 Å². The Kier molecular flexibility index (Phi) is 9.86. The lowest BCUT2D eigenvalue weighted by atomic mass is 9.67. The average molecular weight is 969 g/mol. The molecule has 12 aromatic carbocycles. The van der Waals surface area contributed by atoms with Crippen molar-refractivity contribution < 1.29 is 0 Å². The second kappa shape index (κ2) is 17.0. The first kappa shape index (κ1) is 44.0. The van der Waals surface area contributed by atoms with Gasteiger partial charge >= 0.3 is 0 Å². The van der Waals surface area contributed by atoms with E-state index >= 15 is 0 Å². The fourth-order valence-electron chi connectivity index (χ4n) is 13.4. The highest BCUT2D eigenvalue weighted by molar-refractivity contribution is 6.11. The van der Waals surface area contributed by atoms with Crippen molar-refractivity contribution in [2.45, 2.75) is 24.7 Å². The largest absolute Gasteiger partial charge is 0.310 e. The zero-order valence-corrected chi connectivity index (χ0v) is 42.5. The van der Waals surface area contributed by atoms with E-state index in [0.29, 0.717) is 0 Å². The SMILES string of the molecule is CC1(C)c2ccccc2-c2ccc(N(c3ccc(-c4ccc5c(c4)c4cc(C6(c7ccccc7)c7ccccc7-c7ccccc76)ccc4n5-c4ccccc4)cc3)c3ccc(-c4cccc5ccccc45)cc3)cc21. The van der Waals surface area contributed by atoms with E-state index in [-0.39, 0.29) is 5.41 Å². The van der Waals surface area contributed by atoms with Gasteiger partial charge in [-0.05, 0) is 161 Å². The molecule has 2 aliphatic rings. The molecule has 0 N–H and O–H groups in total. The van der Waals surface area contributed by atoms with Gasteiger partial charge in [-0.15, -0.1) is 0 Å². The minimum Gasteiger partial charge on any atom is -0.310 e. The monoisotopic (exact) mass is 968 g/mol. The van der Waals surface area contributed by atoms with Crippen molar-refractivity contribution in [3.8, 4) is 50.2 Å². The highest BCUT2D eigenvalue weighted by Crippen LogP contribution is 2.57. The maximum Gasteiger partial charge on any atom is 0.0713 e. The van der Waals surface area contributed by atoms with Gasteiger partial charge in [0.2, 0.25) is 0 Å². The molecule has 0 aliphatic heterocycles. The fourth-order valence-corrected chi connectivity index (χ4v) is 13.4. The zero-order valence-electron chi connectivity index (χ0n) is 42.5. The van der Waals surface area contributed by atoms with Crippen LogP contribution in [0.15, 0.2) is 279 Å². The van der Waals surface area contributed by atoms with Crippen LogP contribution in [0.3, 0.4) is 0 Å². The molecule has 0 saturated carbocycles. The van der Waals surface area contributed by atoms with Crippen LogP contribution in [0, 0.1) is 0 Å². The Morgan fingerprint density at radius 2 is 0.803 bits per heavy atom. The first-order valence-corrected chi connectivity index (χ1v) is 26.6. The standard InChI is InChI=1S/C74H52N2/c1-73(2)67-29-14-11-25-61(67)64-43-42-58(48-70(64)73)75(57-40-34-51(35-41-57)60-28-17-19-50-18-9-10-24-59(50)60)56-38-32-49(33-39-56)52-36-44-71-65(46-52)66-47-54(37-45-72(66)76(71)55-22-7-4-8-23-55)74(53-20-5-3-6-21-53)68-30-15-12-26-62(68)63-27-13-16-31-69(63)74/h3-48H,1-2H3. The Labute approximate surface area is 444 Å². The van der Waals surface area contributed by atoms with Crippen molar-refractivity contribution in [2.75, 3.05) is 4.90 Å². The highest BCUT2D eigenvalue weighted by Gasteiger charge is 2.46. The lowest BCUT2D eigenvalue weighted by Crippen LogP contribution is -2.28. The van der Waals surface area contributed by atoms with Gasteiger partial charge in [0.05, 0.1) is 16.4 Å². The predicted molar refractivity (Wildman–Crippen MR) is 319 cm³/mol. The maximum atomic E-state index is 2.50. The van der Waals surface area contributed by atoms with Gasteiger partial charge < -0.3 is 9.47 Å². The van der Waals surface area contributed by atoms with E-state index < -0.39 is 5.41 Å². The third-order valence-electron chi connectivity index (χ3n) is 16.9. The molecule has 2 aliphatic carbocycles. The molecule has 1 aromatic heterocycles. The zero-order chi connectivity index (χ0) is 50.5. The molecule has 0 unspecified atom stereocenters. The Bertz CT molecular complexity index is 4360. The van der Waals surface area contributed by atoms with Gasteiger partial charge in [0, 0.05) is 38.9 Å². The van der Waals surface area contributed by atoms with Crippen molar-refractivity contribution in [2.24, 2.45) is 0 Å². The predicted octanol–water partition coefficient (Wildman–Crippen LogP) is 19.4. The lowest BCUT2D eigenvalue weighted by molar-refractivity contribution is 0.660. The molecule has 1 heterocycles. The van der Waals surface area contributed by atoms with Gasteiger partial charge in [-0.1, -0.05) is 220 Å². The first-order valence-electron chi connectivity index (χ1n) is 26.6. The lowest BCUT2D eigenvalue weighted by Gasteiger charge is -2.34. The van der Waals surface area contributed by atoms with Crippen LogP contribution in [0.25, 0.3) is 82.8 Å². The van der Waals surface area contributed by atoms with Gasteiger partial charge in [0.1, 0.15) is 0 Å². The summed E-state index contributed by atoms with van der Waals surface area (Å²) in [5.74, 6) is 0. The van der Waals surface area contributed by atoms with Crippen molar-refractivity contribution in [3.05, 3.63) is 312 Å². The molecule has 76 heavy (non-hydrogen) atoms. The molecule has 2 heteroatoms. The molecule has 0 saturated heterocycles. The molecule has 2 nitrogen and oxygen atoms in total. The number of para-hydroxylation sites is 1. The van der Waals surface area contributed by atoms with Crippen molar-refractivity contribution in [3.63, 3.8) is 0 Å². The second-order valence-corrected chi connectivity index (χ2v) is 21.2. The summed E-state index contributed by atoms with van der Waals surface area (Å²) in [7, 11) is 0. The van der Waals surface area contributed by atoms with Crippen LogP contribution in [-0.2, 0) is 10.8 Å². The topological polar surface area (TPSA) is 8.17 Å². The van der Waals surface area contributed by atoms with Gasteiger partial charge in [-0.2, -0.15) is 0 Å². The van der Waals surface area contributed by atoms with Crippen LogP contribution >= 0.6 is 0 Å². The van der Waals surface area contributed by atoms with Crippen LogP contribution in [-0.4, -0.2) is 4.57 Å². The summed E-state index contributed by atoms with van der Waals surface area (Å²) < 4.78 is 2.44. The van der Waals surface area contributed by atoms with Crippen LogP contribution in [0.4, 0.5) is 17.1 Å². The van der Waals surface area contributed by atoms with Gasteiger partial charge in [-0.25, -0.2) is 0 Å². The quantitative estimate of drug-likeness (QED) is 0.147. The number of rotatable bonds is 8. The molecule has 0 bridgehead atoms. The number of anilines is 3. The summed E-state index contributed by atoms with van der Waals surface area (Å²) in [6.07, 6.45) is 0. The molecule has 0 fully saturated rings. The summed E-state index contributed by atoms with van der Waals surface area (Å²) in [4.78, 5) is 2.43. The average Bonchev–Trinajstić information content (AvgIpc) is 4.21. The Hall–Kier alpha value is -9.50. The normalized spacial score (nSPS) is 13.6. The molecule has 358 valence electrons. The third-order valence-corrected chi connectivity index (χ3v) is 16.9. The first-order chi connectivity index (χ1) is 37.4. The number of aromatic nitrogens is 1. The highest BCUT2D eigenvalue weighted by atomic mass is 15.1. The summed E-state index contributed by atoms with van der Waals surface area (Å²) in [5.41, 5.74) is 24.1. The van der Waals surface area contributed by atoms with E-state index in [9.17, 15) is 0 Å². The molecular formula is C74H52N2. The van der Waals surface area contributed by atoms with E-state index in [2.05, 4.69) is 302 Å². The van der Waals surface area contributed by atoms with E-state index in [1.54, 1.807) is 0 Å². The van der Waals surface area contributed by atoms with E-state index in [1.165, 1.54) is 110 Å². The minimum absolute atomic E-state index is 0.132. The third kappa shape index (κ3) is 6.53. The van der Waals surface area contributed by atoms with Gasteiger partial charge in [-0.3, -0.25) is 0 Å².